The first-order chi connectivity index (χ1) is 18.2. The van der Waals surface area contributed by atoms with Gasteiger partial charge in [0.2, 0.25) is 0 Å². The van der Waals surface area contributed by atoms with Gasteiger partial charge >= 0.3 is 0 Å². The van der Waals surface area contributed by atoms with E-state index in [4.69, 9.17) is 4.74 Å². The summed E-state index contributed by atoms with van der Waals surface area (Å²) in [6, 6.07) is 13.4. The summed E-state index contributed by atoms with van der Waals surface area (Å²) in [7, 11) is -3.55. The molecule has 12 nitrogen and oxygen atoms in total. The van der Waals surface area contributed by atoms with Gasteiger partial charge in [0.15, 0.2) is 22.1 Å². The summed E-state index contributed by atoms with van der Waals surface area (Å²) in [6.07, 6.45) is 0.551. The highest BCUT2D eigenvalue weighted by molar-refractivity contribution is 7.91. The number of hydrogen-bond acceptors (Lipinski definition) is 8. The maximum Gasteiger partial charge on any atom is 0.294 e. The summed E-state index contributed by atoms with van der Waals surface area (Å²) in [5.74, 6) is -1.27. The van der Waals surface area contributed by atoms with E-state index in [0.29, 0.717) is 30.1 Å². The van der Waals surface area contributed by atoms with Gasteiger partial charge < -0.3 is 4.74 Å². The summed E-state index contributed by atoms with van der Waals surface area (Å²) in [4.78, 5) is 42.2. The third-order valence-electron chi connectivity index (χ3n) is 6.43. The van der Waals surface area contributed by atoms with Crippen LogP contribution in [0.15, 0.2) is 53.4 Å². The molecule has 0 radical (unpaired) electrons. The van der Waals surface area contributed by atoms with Crippen molar-refractivity contribution in [1.29, 1.82) is 0 Å². The second-order valence-corrected chi connectivity index (χ2v) is 11.1. The number of fused-ring (bicyclic) bond motifs is 1. The normalized spacial score (nSPS) is 15.4. The second kappa shape index (κ2) is 9.89. The lowest BCUT2D eigenvalue weighted by atomic mass is 10.2. The number of rotatable bonds is 6. The van der Waals surface area contributed by atoms with E-state index in [2.05, 4.69) is 10.2 Å². The van der Waals surface area contributed by atoms with E-state index in [0.717, 1.165) is 0 Å². The summed E-state index contributed by atoms with van der Waals surface area (Å²) < 4.78 is 30.3. The molecule has 13 heteroatoms. The molecule has 1 saturated heterocycles. The molecule has 0 bridgehead atoms. The molecule has 1 aromatic heterocycles. The fourth-order valence-corrected chi connectivity index (χ4v) is 5.29. The van der Waals surface area contributed by atoms with Gasteiger partial charge in [-0.25, -0.2) is 18.4 Å². The Kier molecular flexibility index (Phi) is 6.61. The number of hydrogen-bond donors (Lipinski definition) is 0. The number of hydrazine groups is 1. The molecule has 1 fully saturated rings. The van der Waals surface area contributed by atoms with Crippen LogP contribution in [0.4, 0.5) is 5.69 Å². The number of para-hydroxylation sites is 1. The highest BCUT2D eigenvalue weighted by atomic mass is 32.2. The van der Waals surface area contributed by atoms with Crippen molar-refractivity contribution in [3.05, 3.63) is 59.9 Å². The Labute approximate surface area is 219 Å². The standard InChI is InChI=1S/C25H26N6O6S/c1-3-38(35,36)19-10-11-21-20(14-19)28(23(33)16-37-21)15-22(32)29-12-7-13-30(29)25(34)24-17(2)26-31(27-24)18-8-5-4-6-9-18/h4-6,8-11,14H,3,7,12-13,15-16H2,1-2H3. The smallest absolute Gasteiger partial charge is 0.294 e. The zero-order valence-electron chi connectivity index (χ0n) is 20.9. The van der Waals surface area contributed by atoms with Crippen molar-refractivity contribution in [3.63, 3.8) is 0 Å². The topological polar surface area (TPSA) is 135 Å². The fraction of sp³-hybridized carbons (Fsp3) is 0.320. The molecule has 3 heterocycles. The number of sulfone groups is 1. The third kappa shape index (κ3) is 4.60. The van der Waals surface area contributed by atoms with Crippen LogP contribution in [0.2, 0.25) is 0 Å². The molecule has 2 aromatic carbocycles. The van der Waals surface area contributed by atoms with Crippen molar-refractivity contribution >= 4 is 33.2 Å². The van der Waals surface area contributed by atoms with E-state index in [9.17, 15) is 22.8 Å². The minimum absolute atomic E-state index is 0.0319. The second-order valence-electron chi connectivity index (χ2n) is 8.86. The maximum atomic E-state index is 13.4. The van der Waals surface area contributed by atoms with Gasteiger partial charge in [0, 0.05) is 13.1 Å². The Morgan fingerprint density at radius 1 is 1.03 bits per heavy atom. The molecule has 5 rings (SSSR count). The molecule has 0 unspecified atom stereocenters. The fourth-order valence-electron chi connectivity index (χ4n) is 4.39. The van der Waals surface area contributed by atoms with Crippen molar-refractivity contribution in [1.82, 2.24) is 25.0 Å². The zero-order valence-corrected chi connectivity index (χ0v) is 21.7. The van der Waals surface area contributed by atoms with Crippen LogP contribution in [-0.2, 0) is 19.4 Å². The lowest BCUT2D eigenvalue weighted by Crippen LogP contribution is -2.51. The molecule has 198 valence electrons. The van der Waals surface area contributed by atoms with Crippen molar-refractivity contribution in [2.45, 2.75) is 25.2 Å². The van der Waals surface area contributed by atoms with Crippen LogP contribution in [0.3, 0.4) is 0 Å². The van der Waals surface area contributed by atoms with Crippen LogP contribution in [0, 0.1) is 6.92 Å². The zero-order chi connectivity index (χ0) is 27.0. The van der Waals surface area contributed by atoms with Crippen molar-refractivity contribution < 1.29 is 27.5 Å². The highest BCUT2D eigenvalue weighted by Crippen LogP contribution is 2.34. The molecule has 0 saturated carbocycles. The lowest BCUT2D eigenvalue weighted by molar-refractivity contribution is -0.140. The minimum Gasteiger partial charge on any atom is -0.482 e. The lowest BCUT2D eigenvalue weighted by Gasteiger charge is -2.32. The Morgan fingerprint density at radius 3 is 2.50 bits per heavy atom. The number of amides is 3. The van der Waals surface area contributed by atoms with Gasteiger partial charge in [-0.2, -0.15) is 9.90 Å². The molecule has 3 aromatic rings. The van der Waals surface area contributed by atoms with E-state index in [1.54, 1.807) is 6.92 Å². The molecule has 0 N–H and O–H groups in total. The number of carbonyl (C=O) groups excluding carboxylic acids is 3. The summed E-state index contributed by atoms with van der Waals surface area (Å²) >= 11 is 0. The molecule has 0 aliphatic carbocycles. The van der Waals surface area contributed by atoms with Gasteiger partial charge in [-0.3, -0.25) is 19.3 Å². The molecule has 3 amide bonds. The van der Waals surface area contributed by atoms with E-state index in [1.165, 1.54) is 44.8 Å². The summed E-state index contributed by atoms with van der Waals surface area (Å²) in [6.45, 7) is 3.11. The van der Waals surface area contributed by atoms with Crippen molar-refractivity contribution in [2.24, 2.45) is 0 Å². The van der Waals surface area contributed by atoms with Crippen LogP contribution in [0.5, 0.6) is 5.75 Å². The maximum absolute atomic E-state index is 13.4. The van der Waals surface area contributed by atoms with Gasteiger partial charge in [-0.1, -0.05) is 25.1 Å². The average molecular weight is 539 g/mol. The number of nitrogens with zero attached hydrogens (tertiary/aromatic N) is 6. The van der Waals surface area contributed by atoms with Gasteiger partial charge in [0.25, 0.3) is 17.7 Å². The molecule has 38 heavy (non-hydrogen) atoms. The third-order valence-corrected chi connectivity index (χ3v) is 8.16. The highest BCUT2D eigenvalue weighted by Gasteiger charge is 2.36. The van der Waals surface area contributed by atoms with Crippen LogP contribution in [0.1, 0.15) is 29.5 Å². The average Bonchev–Trinajstić information content (AvgIpc) is 3.57. The number of anilines is 1. The van der Waals surface area contributed by atoms with Crippen molar-refractivity contribution in [2.75, 3.05) is 36.9 Å². The van der Waals surface area contributed by atoms with E-state index in [-0.39, 0.29) is 41.7 Å². The van der Waals surface area contributed by atoms with Gasteiger partial charge in [0.05, 0.1) is 27.7 Å². The molecule has 0 atom stereocenters. The Hall–Kier alpha value is -4.26. The first-order valence-corrected chi connectivity index (χ1v) is 13.8. The summed E-state index contributed by atoms with van der Waals surface area (Å²) in [5, 5.41) is 11.3. The van der Waals surface area contributed by atoms with Crippen LogP contribution >= 0.6 is 0 Å². The van der Waals surface area contributed by atoms with E-state index < -0.39 is 27.6 Å². The van der Waals surface area contributed by atoms with Crippen LogP contribution < -0.4 is 9.64 Å². The Morgan fingerprint density at radius 2 is 1.76 bits per heavy atom. The number of ether oxygens (including phenoxy) is 1. The monoisotopic (exact) mass is 538 g/mol. The van der Waals surface area contributed by atoms with Crippen LogP contribution in [0.25, 0.3) is 5.69 Å². The number of carbonyl (C=O) groups is 3. The Balaban J connectivity index is 1.38. The first kappa shape index (κ1) is 25.4. The van der Waals surface area contributed by atoms with Gasteiger partial charge in [-0.05, 0) is 43.7 Å². The predicted octanol–water partition coefficient (Wildman–Crippen LogP) is 1.38. The molecule has 2 aliphatic rings. The molecular formula is C25H26N6O6S. The van der Waals surface area contributed by atoms with Crippen molar-refractivity contribution in [3.8, 4) is 11.4 Å². The minimum atomic E-state index is -3.55. The van der Waals surface area contributed by atoms with E-state index >= 15 is 0 Å². The quantitative estimate of drug-likeness (QED) is 0.459. The molecule has 0 spiro atoms. The predicted molar refractivity (Wildman–Crippen MR) is 135 cm³/mol. The number of aryl methyl sites for hydroxylation is 1. The van der Waals surface area contributed by atoms with E-state index in [1.807, 2.05) is 30.3 Å². The molecular weight excluding hydrogens is 512 g/mol. The number of aromatic nitrogens is 3. The van der Waals surface area contributed by atoms with Gasteiger partial charge in [-0.15, -0.1) is 5.10 Å². The summed E-state index contributed by atoms with van der Waals surface area (Å²) in [5.41, 5.74) is 1.43. The molecule has 2 aliphatic heterocycles. The Bertz CT molecular complexity index is 1520. The number of benzene rings is 2. The van der Waals surface area contributed by atoms with Gasteiger partial charge in [0.1, 0.15) is 12.3 Å². The SMILES string of the molecule is CCS(=O)(=O)c1ccc2c(c1)N(CC(=O)N1CCCN1C(=O)c1nn(-c3ccccc3)nc1C)C(=O)CO2. The first-order valence-electron chi connectivity index (χ1n) is 12.1. The largest absolute Gasteiger partial charge is 0.482 e. The van der Waals surface area contributed by atoms with Crippen LogP contribution in [-0.4, -0.2) is 83.1 Å².